The molecule has 0 aromatic heterocycles. The van der Waals surface area contributed by atoms with Gasteiger partial charge < -0.3 is 21.9 Å². The Bertz CT molecular complexity index is 3.61. The third-order valence-electron chi connectivity index (χ3n) is 0. The molecule has 1 radical (unpaired) electrons. The van der Waals surface area contributed by atoms with Crippen LogP contribution in [0.5, 0.6) is 0 Å². The first-order valence-electron chi connectivity index (χ1n) is 0. The predicted octanol–water partition coefficient (Wildman–Crippen LogP) is -1.95. The molecule has 0 rings (SSSR count). The molecule has 0 aliphatic carbocycles. The first-order valence-corrected chi connectivity index (χ1v) is 0. The molecule has 0 saturated carbocycles. The molecule has 0 fully saturated rings. The zero-order valence-corrected chi connectivity index (χ0v) is 5.50. The molecule has 0 spiro atoms. The monoisotopic (exact) mass is 209 g/mol. The molecule has 0 saturated heterocycles. The first-order chi connectivity index (χ1) is 0. The van der Waals surface area contributed by atoms with Crippen LogP contribution in [0.25, 0.3) is 0 Å². The normalized spacial score (nSPS) is 0. The Labute approximate surface area is 63.2 Å². The van der Waals surface area contributed by atoms with Crippen molar-refractivity contribution in [3.8, 4) is 0 Å². The third-order valence-corrected chi connectivity index (χ3v) is 0. The Morgan fingerprint density at radius 3 is 0.800 bits per heavy atom. The summed E-state index contributed by atoms with van der Waals surface area (Å²) < 4.78 is 0. The van der Waals surface area contributed by atoms with Crippen LogP contribution in [0.3, 0.4) is 0 Å². The van der Waals surface area contributed by atoms with E-state index >= 15 is 0 Å². The molecule has 0 aromatic carbocycles. The van der Waals surface area contributed by atoms with Gasteiger partial charge in [-0.15, -0.1) is 0 Å². The first kappa shape index (κ1) is 114. The van der Waals surface area contributed by atoms with E-state index in [0.717, 1.165) is 0 Å². The summed E-state index contributed by atoms with van der Waals surface area (Å²) in [6, 6.07) is 0. The summed E-state index contributed by atoms with van der Waals surface area (Å²) in [5, 5.41) is 0. The van der Waals surface area contributed by atoms with Crippen LogP contribution in [-0.4, -0.2) is 16.4 Å². The average Bonchev–Trinajstić information content (AvgIpc) is 0. The second-order valence-electron chi connectivity index (χ2n) is 0. The van der Waals surface area contributed by atoms with Crippen LogP contribution in [0.1, 0.15) is 0 Å². The van der Waals surface area contributed by atoms with Crippen molar-refractivity contribution in [2.75, 3.05) is 0 Å². The Kier molecular flexibility index (Phi) is 1430. The van der Waals surface area contributed by atoms with Gasteiger partial charge in [0.1, 0.15) is 0 Å². The Morgan fingerprint density at radius 2 is 0.800 bits per heavy atom. The summed E-state index contributed by atoms with van der Waals surface area (Å²) in [5.41, 5.74) is 0. The van der Waals surface area contributed by atoms with Crippen LogP contribution >= 0.6 is 0 Å². The van der Waals surface area contributed by atoms with Crippen LogP contribution < -0.4 is 0 Å². The Balaban J connectivity index is 0. The minimum absolute atomic E-state index is 0. The number of hydrogen-bond donors (Lipinski definition) is 0. The van der Waals surface area contributed by atoms with Crippen molar-refractivity contribution in [3.05, 3.63) is 0 Å². The van der Waals surface area contributed by atoms with Gasteiger partial charge in [0, 0.05) is 0 Å². The third kappa shape index (κ3) is 36.5. The number of rotatable bonds is 0. The maximum absolute atomic E-state index is 0. The van der Waals surface area contributed by atoms with Gasteiger partial charge in [-0.05, 0) is 0 Å². The molecule has 5 N–H and O–H groups in total. The van der Waals surface area contributed by atoms with Gasteiger partial charge in [-0.25, -0.2) is 0 Å². The summed E-state index contributed by atoms with van der Waals surface area (Å²) in [7, 11) is 0. The fraction of sp³-hybridized carbons (Fsp3) is 0. The summed E-state index contributed by atoms with van der Waals surface area (Å²) >= 11 is 0. The van der Waals surface area contributed by atoms with E-state index in [0.29, 0.717) is 0 Å². The van der Waals surface area contributed by atoms with Crippen LogP contribution in [0.2, 0.25) is 0 Å². The van der Waals surface area contributed by atoms with Gasteiger partial charge in [-0.3, -0.25) is 0 Å². The Hall–Kier alpha value is 1.22. The van der Waals surface area contributed by atoms with Crippen LogP contribution in [-0.2, 0) is 5.48 Å². The largest absolute Gasteiger partial charge is 3.00 e. The fourth-order valence-corrected chi connectivity index (χ4v) is 0. The van der Waals surface area contributed by atoms with E-state index < -0.39 is 0 Å². The van der Waals surface area contributed by atoms with Gasteiger partial charge in [0.25, 0.3) is 0 Å². The smallest absolute Gasteiger partial charge is 2.00 e. The second kappa shape index (κ2) is 62.7. The molecule has 0 aromatic rings. The summed E-state index contributed by atoms with van der Waals surface area (Å²) in [5.74, 6) is 0. The molecule has 0 aliphatic heterocycles. The zero-order chi connectivity index (χ0) is 0. The molecule has 33 valence electrons. The average molecular weight is 209 g/mol. The molecule has 0 aliphatic rings. The molecule has 4 nitrogen and oxygen atoms in total. The zero-order valence-electron chi connectivity index (χ0n) is 2.36. The minimum atomic E-state index is 0. The SMILES string of the molecule is O.O.[Ce+3].[O-2].[OH-]. The van der Waals surface area contributed by atoms with E-state index in [4.69, 9.17) is 0 Å². The van der Waals surface area contributed by atoms with E-state index in [-0.39, 0.29) is 63.7 Å². The molecule has 5 heavy (non-hydrogen) atoms. The van der Waals surface area contributed by atoms with E-state index in [1.165, 1.54) is 0 Å². The molecular formula is H5CeO4. The number of hydrogen-bond acceptors (Lipinski definition) is 1. The van der Waals surface area contributed by atoms with Crippen molar-refractivity contribution in [2.45, 2.75) is 0 Å². The van der Waals surface area contributed by atoms with E-state index in [1.54, 1.807) is 0 Å². The Morgan fingerprint density at radius 1 is 0.800 bits per heavy atom. The van der Waals surface area contributed by atoms with Crippen molar-refractivity contribution < 1.29 is 63.7 Å². The van der Waals surface area contributed by atoms with Crippen LogP contribution in [0, 0.1) is 41.7 Å². The molecule has 0 atom stereocenters. The van der Waals surface area contributed by atoms with Crippen LogP contribution in [0.15, 0.2) is 0 Å². The van der Waals surface area contributed by atoms with Gasteiger partial charge in [0.2, 0.25) is 0 Å². The second-order valence-corrected chi connectivity index (χ2v) is 0. The van der Waals surface area contributed by atoms with Crippen molar-refractivity contribution in [3.63, 3.8) is 0 Å². The molecule has 5 heteroatoms. The maximum Gasteiger partial charge on any atom is 3.00 e. The predicted molar refractivity (Wildman–Crippen MR) is 9.85 cm³/mol. The van der Waals surface area contributed by atoms with Gasteiger partial charge in [0.05, 0.1) is 0 Å². The molecular weight excluding hydrogens is 204 g/mol. The maximum atomic E-state index is 0. The van der Waals surface area contributed by atoms with E-state index in [9.17, 15) is 0 Å². The van der Waals surface area contributed by atoms with E-state index in [2.05, 4.69) is 0 Å². The van der Waals surface area contributed by atoms with Gasteiger partial charge >= 0.3 is 41.7 Å². The van der Waals surface area contributed by atoms with Crippen molar-refractivity contribution in [1.29, 1.82) is 0 Å². The van der Waals surface area contributed by atoms with Gasteiger partial charge in [-0.2, -0.15) is 0 Å². The standard InChI is InChI=1S/Ce.3H2O.O/h;3*1H2;/q+3;;;;-2/p-1. The minimum Gasteiger partial charge on any atom is -2.00 e. The van der Waals surface area contributed by atoms with Crippen molar-refractivity contribution in [1.82, 2.24) is 0 Å². The summed E-state index contributed by atoms with van der Waals surface area (Å²) in [6.07, 6.45) is 0. The van der Waals surface area contributed by atoms with E-state index in [1.807, 2.05) is 0 Å². The summed E-state index contributed by atoms with van der Waals surface area (Å²) in [4.78, 5) is 0. The van der Waals surface area contributed by atoms with Crippen molar-refractivity contribution >= 4 is 0 Å². The summed E-state index contributed by atoms with van der Waals surface area (Å²) in [6.45, 7) is 0. The topological polar surface area (TPSA) is 122 Å². The van der Waals surface area contributed by atoms with Gasteiger partial charge in [-0.1, -0.05) is 0 Å². The molecule has 0 heterocycles. The molecule has 0 amide bonds. The fourth-order valence-electron chi connectivity index (χ4n) is 0. The molecule has 0 unspecified atom stereocenters. The molecule has 0 bridgehead atoms. The van der Waals surface area contributed by atoms with Crippen molar-refractivity contribution in [2.24, 2.45) is 0 Å². The van der Waals surface area contributed by atoms with Gasteiger partial charge in [0.15, 0.2) is 0 Å². The van der Waals surface area contributed by atoms with Crippen LogP contribution in [0.4, 0.5) is 0 Å². The quantitative estimate of drug-likeness (QED) is 0.452.